The van der Waals surface area contributed by atoms with Gasteiger partial charge in [0.2, 0.25) is 0 Å². The molecule has 1 amide bonds. The van der Waals surface area contributed by atoms with Gasteiger partial charge in [-0.2, -0.15) is 5.26 Å². The van der Waals surface area contributed by atoms with E-state index in [1.54, 1.807) is 24.3 Å². The Kier molecular flexibility index (Phi) is 6.34. The summed E-state index contributed by atoms with van der Waals surface area (Å²) in [5, 5.41) is 21.0. The standard InChI is InChI=1S/C21H20N2O4/c1-13-8-14(2)20(15(3)9-13)23-21(26)17(11-22)10-16-6-4-5-7-18(16)27-12-19(24)25/h4-10H,12H2,1-3H3,(H,23,26)(H,24,25)/b17-10+. The fourth-order valence-corrected chi connectivity index (χ4v) is 2.73. The molecule has 0 unspecified atom stereocenters. The number of aryl methyl sites for hydroxylation is 3. The zero-order valence-electron chi connectivity index (χ0n) is 15.4. The molecule has 0 spiro atoms. The first-order chi connectivity index (χ1) is 12.8. The Labute approximate surface area is 157 Å². The first kappa shape index (κ1) is 19.7. The second kappa shape index (κ2) is 8.68. The molecule has 0 aliphatic rings. The lowest BCUT2D eigenvalue weighted by Gasteiger charge is -2.13. The molecule has 2 rings (SSSR count). The Morgan fingerprint density at radius 2 is 1.81 bits per heavy atom. The summed E-state index contributed by atoms with van der Waals surface area (Å²) in [6.45, 7) is 5.24. The van der Waals surface area contributed by atoms with Crippen LogP contribution in [0.4, 0.5) is 5.69 Å². The van der Waals surface area contributed by atoms with Crippen molar-refractivity contribution in [2.75, 3.05) is 11.9 Å². The van der Waals surface area contributed by atoms with Crippen molar-refractivity contribution < 1.29 is 19.4 Å². The van der Waals surface area contributed by atoms with E-state index in [2.05, 4.69) is 5.32 Å². The van der Waals surface area contributed by atoms with Crippen LogP contribution in [0, 0.1) is 32.1 Å². The Morgan fingerprint density at radius 1 is 1.19 bits per heavy atom. The summed E-state index contributed by atoms with van der Waals surface area (Å²) in [5.74, 6) is -1.37. The van der Waals surface area contributed by atoms with Crippen LogP contribution >= 0.6 is 0 Å². The van der Waals surface area contributed by atoms with Crippen molar-refractivity contribution in [3.05, 3.63) is 64.2 Å². The van der Waals surface area contributed by atoms with E-state index in [1.807, 2.05) is 39.0 Å². The van der Waals surface area contributed by atoms with Crippen molar-refractivity contribution in [3.8, 4) is 11.8 Å². The number of hydrogen-bond acceptors (Lipinski definition) is 4. The van der Waals surface area contributed by atoms with Gasteiger partial charge in [0.25, 0.3) is 5.91 Å². The highest BCUT2D eigenvalue weighted by molar-refractivity contribution is 6.10. The van der Waals surface area contributed by atoms with Crippen LogP contribution in [0.1, 0.15) is 22.3 Å². The first-order valence-corrected chi connectivity index (χ1v) is 8.26. The Hall–Kier alpha value is -3.59. The SMILES string of the molecule is Cc1cc(C)c(NC(=O)/C(C#N)=C/c2ccccc2OCC(=O)O)c(C)c1. The molecule has 0 saturated heterocycles. The van der Waals surface area contributed by atoms with Gasteiger partial charge in [0.05, 0.1) is 0 Å². The van der Waals surface area contributed by atoms with Crippen molar-refractivity contribution in [2.24, 2.45) is 0 Å². The molecular formula is C21H20N2O4. The van der Waals surface area contributed by atoms with Crippen LogP contribution in [0.15, 0.2) is 42.0 Å². The summed E-state index contributed by atoms with van der Waals surface area (Å²) in [4.78, 5) is 23.3. The molecule has 0 fully saturated rings. The quantitative estimate of drug-likeness (QED) is 0.602. The highest BCUT2D eigenvalue weighted by atomic mass is 16.5. The van der Waals surface area contributed by atoms with E-state index in [1.165, 1.54) is 6.08 Å². The van der Waals surface area contributed by atoms with Crippen molar-refractivity contribution >= 4 is 23.6 Å². The summed E-state index contributed by atoms with van der Waals surface area (Å²) < 4.78 is 5.21. The van der Waals surface area contributed by atoms with Gasteiger partial charge in [-0.1, -0.05) is 35.9 Å². The third-order valence-electron chi connectivity index (χ3n) is 3.85. The fraction of sp³-hybridized carbons (Fsp3) is 0.190. The third-order valence-corrected chi connectivity index (χ3v) is 3.85. The van der Waals surface area contributed by atoms with E-state index in [0.29, 0.717) is 11.3 Å². The van der Waals surface area contributed by atoms with Gasteiger partial charge < -0.3 is 15.2 Å². The van der Waals surface area contributed by atoms with Gasteiger partial charge in [-0.3, -0.25) is 4.79 Å². The van der Waals surface area contributed by atoms with Crippen molar-refractivity contribution in [2.45, 2.75) is 20.8 Å². The summed E-state index contributed by atoms with van der Waals surface area (Å²) in [5.41, 5.74) is 3.90. The van der Waals surface area contributed by atoms with Gasteiger partial charge in [0, 0.05) is 11.3 Å². The Morgan fingerprint density at radius 3 is 2.41 bits per heavy atom. The van der Waals surface area contributed by atoms with Crippen molar-refractivity contribution in [1.29, 1.82) is 5.26 Å². The molecule has 2 aromatic rings. The van der Waals surface area contributed by atoms with Crippen LogP contribution < -0.4 is 10.1 Å². The van der Waals surface area contributed by atoms with Gasteiger partial charge >= 0.3 is 5.97 Å². The number of carboxylic acid groups (broad SMARTS) is 1. The van der Waals surface area contributed by atoms with Crippen LogP contribution in [0.5, 0.6) is 5.75 Å². The number of nitriles is 1. The van der Waals surface area contributed by atoms with Gasteiger partial charge in [0.15, 0.2) is 6.61 Å². The van der Waals surface area contributed by atoms with Crippen molar-refractivity contribution in [3.63, 3.8) is 0 Å². The predicted molar refractivity (Wildman–Crippen MR) is 102 cm³/mol. The molecule has 0 atom stereocenters. The maximum atomic E-state index is 12.6. The Bertz CT molecular complexity index is 932. The molecular weight excluding hydrogens is 344 g/mol. The molecule has 0 aliphatic carbocycles. The number of anilines is 1. The molecule has 6 nitrogen and oxygen atoms in total. The molecule has 0 heterocycles. The number of benzene rings is 2. The third kappa shape index (κ3) is 5.19. The molecule has 6 heteroatoms. The molecule has 0 saturated carbocycles. The first-order valence-electron chi connectivity index (χ1n) is 8.26. The minimum absolute atomic E-state index is 0.110. The van der Waals surface area contributed by atoms with E-state index >= 15 is 0 Å². The number of carboxylic acids is 1. The summed E-state index contributed by atoms with van der Waals surface area (Å²) in [7, 11) is 0. The van der Waals surface area contributed by atoms with Crippen LogP contribution in [0.25, 0.3) is 6.08 Å². The number of amides is 1. The van der Waals surface area contributed by atoms with Crippen LogP contribution in [-0.4, -0.2) is 23.6 Å². The smallest absolute Gasteiger partial charge is 0.341 e. The molecule has 0 aliphatic heterocycles. The highest BCUT2D eigenvalue weighted by Gasteiger charge is 2.14. The maximum absolute atomic E-state index is 12.6. The lowest BCUT2D eigenvalue weighted by atomic mass is 10.0. The topological polar surface area (TPSA) is 99.4 Å². The minimum Gasteiger partial charge on any atom is -0.481 e. The predicted octanol–water partition coefficient (Wildman–Crippen LogP) is 3.62. The number of nitrogens with zero attached hydrogens (tertiary/aromatic N) is 1. The summed E-state index contributed by atoms with van der Waals surface area (Å²) in [6, 6.07) is 12.4. The molecule has 2 N–H and O–H groups in total. The molecule has 138 valence electrons. The number of carbonyl (C=O) groups excluding carboxylic acids is 1. The number of hydrogen-bond donors (Lipinski definition) is 2. The average molecular weight is 364 g/mol. The number of para-hydroxylation sites is 1. The van der Waals surface area contributed by atoms with Crippen LogP contribution in [-0.2, 0) is 9.59 Å². The monoisotopic (exact) mass is 364 g/mol. The maximum Gasteiger partial charge on any atom is 0.341 e. The van der Waals surface area contributed by atoms with Gasteiger partial charge in [0.1, 0.15) is 17.4 Å². The molecule has 0 radical (unpaired) electrons. The minimum atomic E-state index is -1.11. The number of nitrogens with one attached hydrogen (secondary N) is 1. The molecule has 0 aromatic heterocycles. The average Bonchev–Trinajstić information content (AvgIpc) is 2.61. The lowest BCUT2D eigenvalue weighted by molar-refractivity contribution is -0.139. The van der Waals surface area contributed by atoms with E-state index in [9.17, 15) is 14.9 Å². The normalized spacial score (nSPS) is 10.8. The van der Waals surface area contributed by atoms with E-state index in [0.717, 1.165) is 16.7 Å². The van der Waals surface area contributed by atoms with Crippen molar-refractivity contribution in [1.82, 2.24) is 0 Å². The number of rotatable bonds is 6. The molecule has 27 heavy (non-hydrogen) atoms. The fourth-order valence-electron chi connectivity index (χ4n) is 2.73. The molecule has 2 aromatic carbocycles. The number of aliphatic carboxylic acids is 1. The molecule has 0 bridgehead atoms. The second-order valence-electron chi connectivity index (χ2n) is 6.12. The van der Waals surface area contributed by atoms with Crippen LogP contribution in [0.2, 0.25) is 0 Å². The van der Waals surface area contributed by atoms with Gasteiger partial charge in [-0.15, -0.1) is 0 Å². The summed E-state index contributed by atoms with van der Waals surface area (Å²) in [6.07, 6.45) is 1.38. The highest BCUT2D eigenvalue weighted by Crippen LogP contribution is 2.24. The largest absolute Gasteiger partial charge is 0.481 e. The lowest BCUT2D eigenvalue weighted by Crippen LogP contribution is -2.15. The van der Waals surface area contributed by atoms with E-state index < -0.39 is 18.5 Å². The summed E-state index contributed by atoms with van der Waals surface area (Å²) >= 11 is 0. The Balaban J connectivity index is 2.31. The zero-order valence-corrected chi connectivity index (χ0v) is 15.4. The van der Waals surface area contributed by atoms with E-state index in [-0.39, 0.29) is 11.3 Å². The second-order valence-corrected chi connectivity index (χ2v) is 6.12. The van der Waals surface area contributed by atoms with E-state index in [4.69, 9.17) is 9.84 Å². The zero-order chi connectivity index (χ0) is 20.0. The van der Waals surface area contributed by atoms with Gasteiger partial charge in [-0.25, -0.2) is 4.79 Å². The van der Waals surface area contributed by atoms with Gasteiger partial charge in [-0.05, 0) is 44.0 Å². The van der Waals surface area contributed by atoms with Crippen LogP contribution in [0.3, 0.4) is 0 Å². The number of carbonyl (C=O) groups is 2. The number of ether oxygens (including phenoxy) is 1.